The van der Waals surface area contributed by atoms with E-state index in [1.165, 1.54) is 0 Å². The molecule has 3 aromatic heterocycles. The summed E-state index contributed by atoms with van der Waals surface area (Å²) in [5.74, 6) is 0. The summed E-state index contributed by atoms with van der Waals surface area (Å²) < 4.78 is 3.81. The van der Waals surface area contributed by atoms with Gasteiger partial charge >= 0.3 is 0 Å². The number of hydrogen-bond donors (Lipinski definition) is 0. The Morgan fingerprint density at radius 2 is 2.20 bits per heavy atom. The molecule has 0 saturated carbocycles. The zero-order valence-electron chi connectivity index (χ0n) is 8.33. The number of hydrogen-bond acceptors (Lipinski definition) is 2. The van der Waals surface area contributed by atoms with Crippen LogP contribution in [0.25, 0.3) is 16.7 Å². The van der Waals surface area contributed by atoms with Crippen LogP contribution < -0.4 is 0 Å². The first-order chi connectivity index (χ1) is 7.34. The van der Waals surface area contributed by atoms with Crippen LogP contribution in [-0.4, -0.2) is 19.3 Å². The maximum absolute atomic E-state index is 4.35. The van der Waals surface area contributed by atoms with Crippen LogP contribution >= 0.6 is 0 Å². The van der Waals surface area contributed by atoms with Gasteiger partial charge in [0.25, 0.3) is 0 Å². The predicted molar refractivity (Wildman–Crippen MR) is 57.8 cm³/mol. The number of aryl methyl sites for hydroxylation is 1. The summed E-state index contributed by atoms with van der Waals surface area (Å²) in [6.45, 7) is 0. The Hall–Kier alpha value is -2.10. The highest BCUT2D eigenvalue weighted by atomic mass is 15.3. The van der Waals surface area contributed by atoms with Crippen molar-refractivity contribution in [3.8, 4) is 5.69 Å². The van der Waals surface area contributed by atoms with Gasteiger partial charge in [0, 0.05) is 31.0 Å². The third-order valence-corrected chi connectivity index (χ3v) is 2.42. The van der Waals surface area contributed by atoms with E-state index in [2.05, 4.69) is 22.2 Å². The molecule has 0 amide bonds. The Labute approximate surface area is 86.8 Å². The molecule has 0 aliphatic rings. The molecule has 0 saturated heterocycles. The van der Waals surface area contributed by atoms with Gasteiger partial charge in [0.05, 0.1) is 11.9 Å². The highest BCUT2D eigenvalue weighted by molar-refractivity contribution is 5.77. The summed E-state index contributed by atoms with van der Waals surface area (Å²) in [5.41, 5.74) is 2.00. The van der Waals surface area contributed by atoms with Gasteiger partial charge < -0.3 is 0 Å². The van der Waals surface area contributed by atoms with Gasteiger partial charge in [-0.15, -0.1) is 0 Å². The van der Waals surface area contributed by atoms with Gasteiger partial charge in [0.2, 0.25) is 0 Å². The molecule has 0 N–H and O–H groups in total. The van der Waals surface area contributed by atoms with Gasteiger partial charge in [-0.1, -0.05) is 0 Å². The fourth-order valence-electron chi connectivity index (χ4n) is 1.71. The van der Waals surface area contributed by atoms with Gasteiger partial charge in [-0.3, -0.25) is 9.25 Å². The van der Waals surface area contributed by atoms with Crippen LogP contribution in [0.3, 0.4) is 0 Å². The summed E-state index contributed by atoms with van der Waals surface area (Å²) in [5, 5.41) is 5.29. The van der Waals surface area contributed by atoms with Crippen molar-refractivity contribution in [3.63, 3.8) is 0 Å². The topological polar surface area (TPSA) is 35.6 Å². The molecular weight excluding hydrogens is 188 g/mol. The molecule has 0 unspecified atom stereocenters. The minimum atomic E-state index is 0.963. The second kappa shape index (κ2) is 2.95. The molecule has 15 heavy (non-hydrogen) atoms. The molecule has 3 heterocycles. The predicted octanol–water partition coefficient (Wildman–Crippen LogP) is 1.76. The minimum absolute atomic E-state index is 0.963. The molecule has 3 aromatic rings. The molecule has 0 radical (unpaired) electrons. The molecule has 0 aliphatic heterocycles. The van der Waals surface area contributed by atoms with Crippen LogP contribution in [0.4, 0.5) is 0 Å². The number of fused-ring (bicyclic) bond motifs is 1. The van der Waals surface area contributed by atoms with Gasteiger partial charge in [0.15, 0.2) is 0 Å². The van der Waals surface area contributed by atoms with Crippen molar-refractivity contribution in [2.75, 3.05) is 0 Å². The largest absolute Gasteiger partial charge is 0.298 e. The minimum Gasteiger partial charge on any atom is -0.298 e. The molecule has 4 nitrogen and oxygen atoms in total. The molecule has 0 aromatic carbocycles. The lowest BCUT2D eigenvalue weighted by Gasteiger charge is -1.98. The van der Waals surface area contributed by atoms with Crippen molar-refractivity contribution in [2.24, 2.45) is 7.05 Å². The monoisotopic (exact) mass is 198 g/mol. The van der Waals surface area contributed by atoms with E-state index < -0.39 is 0 Å². The van der Waals surface area contributed by atoms with Gasteiger partial charge in [-0.05, 0) is 18.2 Å². The van der Waals surface area contributed by atoms with Crippen LogP contribution in [0.2, 0.25) is 0 Å². The lowest BCUT2D eigenvalue weighted by molar-refractivity contribution is 0.767. The van der Waals surface area contributed by atoms with Crippen LogP contribution in [0.15, 0.2) is 43.0 Å². The van der Waals surface area contributed by atoms with Crippen LogP contribution in [0.5, 0.6) is 0 Å². The van der Waals surface area contributed by atoms with Crippen molar-refractivity contribution in [2.45, 2.75) is 0 Å². The molecular formula is C11H10N4. The van der Waals surface area contributed by atoms with E-state index in [-0.39, 0.29) is 0 Å². The highest BCUT2D eigenvalue weighted by Crippen LogP contribution is 2.17. The fraction of sp³-hybridized carbons (Fsp3) is 0.0909. The van der Waals surface area contributed by atoms with Crippen molar-refractivity contribution >= 4 is 11.0 Å². The highest BCUT2D eigenvalue weighted by Gasteiger charge is 2.04. The lowest BCUT2D eigenvalue weighted by Crippen LogP contribution is -1.91. The molecule has 0 spiro atoms. The summed E-state index contributed by atoms with van der Waals surface area (Å²) >= 11 is 0. The molecule has 4 heteroatoms. The molecule has 3 rings (SSSR count). The number of nitrogens with zero attached hydrogens (tertiary/aromatic N) is 4. The van der Waals surface area contributed by atoms with Crippen LogP contribution in [0.1, 0.15) is 0 Å². The summed E-state index contributed by atoms with van der Waals surface area (Å²) in [6, 6.07) is 6.04. The average Bonchev–Trinajstić information content (AvgIpc) is 2.83. The second-order valence-corrected chi connectivity index (χ2v) is 3.47. The summed E-state index contributed by atoms with van der Waals surface area (Å²) in [6.07, 6.45) is 7.60. The van der Waals surface area contributed by atoms with Gasteiger partial charge in [-0.25, -0.2) is 4.98 Å². The Kier molecular flexibility index (Phi) is 1.62. The first kappa shape index (κ1) is 8.23. The number of rotatable bonds is 1. The van der Waals surface area contributed by atoms with E-state index in [9.17, 15) is 0 Å². The van der Waals surface area contributed by atoms with Crippen molar-refractivity contribution in [1.29, 1.82) is 0 Å². The second-order valence-electron chi connectivity index (χ2n) is 3.47. The normalized spacial score (nSPS) is 11.0. The fourth-order valence-corrected chi connectivity index (χ4v) is 1.71. The van der Waals surface area contributed by atoms with E-state index in [1.807, 2.05) is 36.3 Å². The van der Waals surface area contributed by atoms with E-state index in [1.54, 1.807) is 10.9 Å². The molecule has 0 bridgehead atoms. The maximum atomic E-state index is 4.35. The lowest BCUT2D eigenvalue weighted by atomic mass is 10.3. The van der Waals surface area contributed by atoms with E-state index in [4.69, 9.17) is 0 Å². The number of aromatic nitrogens is 4. The van der Waals surface area contributed by atoms with Gasteiger partial charge in [0.1, 0.15) is 5.65 Å². The smallest absolute Gasteiger partial charge is 0.144 e. The van der Waals surface area contributed by atoms with Crippen LogP contribution in [0, 0.1) is 0 Å². The average molecular weight is 198 g/mol. The summed E-state index contributed by atoms with van der Waals surface area (Å²) in [4.78, 5) is 4.35. The molecule has 0 fully saturated rings. The molecule has 74 valence electrons. The van der Waals surface area contributed by atoms with Crippen molar-refractivity contribution in [3.05, 3.63) is 43.0 Å². The van der Waals surface area contributed by atoms with Gasteiger partial charge in [-0.2, -0.15) is 5.10 Å². The summed E-state index contributed by atoms with van der Waals surface area (Å²) in [7, 11) is 1.91. The van der Waals surface area contributed by atoms with E-state index >= 15 is 0 Å². The van der Waals surface area contributed by atoms with E-state index in [0.717, 1.165) is 16.7 Å². The molecule has 0 atom stereocenters. The third-order valence-electron chi connectivity index (χ3n) is 2.42. The van der Waals surface area contributed by atoms with Crippen molar-refractivity contribution in [1.82, 2.24) is 19.3 Å². The number of pyridine rings is 1. The Morgan fingerprint density at radius 1 is 1.27 bits per heavy atom. The zero-order valence-corrected chi connectivity index (χ0v) is 8.33. The first-order valence-electron chi connectivity index (χ1n) is 4.76. The standard InChI is InChI=1S/C11H10N4/c1-14-8-10(7-13-14)15-6-4-9-3-2-5-12-11(9)15/h2-8H,1H3. The SMILES string of the molecule is Cn1cc(-n2ccc3cccnc32)cn1. The van der Waals surface area contributed by atoms with E-state index in [0.29, 0.717) is 0 Å². The first-order valence-corrected chi connectivity index (χ1v) is 4.76. The Bertz CT molecular complexity index is 606. The zero-order chi connectivity index (χ0) is 10.3. The maximum Gasteiger partial charge on any atom is 0.144 e. The quantitative estimate of drug-likeness (QED) is 0.597. The van der Waals surface area contributed by atoms with Crippen LogP contribution in [-0.2, 0) is 7.05 Å². The third kappa shape index (κ3) is 1.22. The van der Waals surface area contributed by atoms with Crippen molar-refractivity contribution < 1.29 is 0 Å². The Morgan fingerprint density at radius 3 is 3.00 bits per heavy atom. The molecule has 0 aliphatic carbocycles. The Balaban J connectivity index is 2.27.